The minimum atomic E-state index is -0.837. The molecule has 0 N–H and O–H groups in total. The van der Waals surface area contributed by atoms with Crippen molar-refractivity contribution in [2.75, 3.05) is 38.2 Å². The third-order valence-electron chi connectivity index (χ3n) is 5.27. The van der Waals surface area contributed by atoms with Gasteiger partial charge in [-0.2, -0.15) is 0 Å². The van der Waals surface area contributed by atoms with Crippen molar-refractivity contribution >= 4 is 22.6 Å². The van der Waals surface area contributed by atoms with Gasteiger partial charge in [-0.1, -0.05) is 12.1 Å². The second kappa shape index (κ2) is 7.66. The number of carbonyl (C=O) groups is 1. The number of rotatable bonds is 3. The number of fused-ring (bicyclic) bond motifs is 1. The van der Waals surface area contributed by atoms with E-state index in [1.807, 2.05) is 31.2 Å². The van der Waals surface area contributed by atoms with E-state index in [2.05, 4.69) is 4.90 Å². The predicted octanol–water partition coefficient (Wildman–Crippen LogP) is 3.79. The Kier molecular flexibility index (Phi) is 5.05. The summed E-state index contributed by atoms with van der Waals surface area (Å²) in [5.74, 6) is -0.424. The van der Waals surface area contributed by atoms with Crippen molar-refractivity contribution in [2.45, 2.75) is 6.92 Å². The minimum Gasteiger partial charge on any atom is -0.494 e. The third-order valence-corrected chi connectivity index (χ3v) is 5.27. The standard InChI is InChI=1S/C22H21F2N3O2/c1-14-12-20(25-21-16(14)4-3-5-19(21)29-2)26-8-10-27(11-9-26)22(28)17-7-6-15(23)13-18(17)24/h3-7,12-13H,8-11H2,1-2H3. The summed E-state index contributed by atoms with van der Waals surface area (Å²) in [4.78, 5) is 21.1. The fourth-order valence-corrected chi connectivity index (χ4v) is 3.67. The number of hydrogen-bond acceptors (Lipinski definition) is 4. The molecule has 1 fully saturated rings. The molecule has 150 valence electrons. The first-order chi connectivity index (χ1) is 14.0. The van der Waals surface area contributed by atoms with E-state index in [1.54, 1.807) is 12.0 Å². The lowest BCUT2D eigenvalue weighted by molar-refractivity contribution is 0.0741. The van der Waals surface area contributed by atoms with Crippen LogP contribution < -0.4 is 9.64 Å². The second-order valence-corrected chi connectivity index (χ2v) is 7.06. The van der Waals surface area contributed by atoms with Gasteiger partial charge in [0.15, 0.2) is 0 Å². The molecule has 1 aromatic heterocycles. The van der Waals surface area contributed by atoms with E-state index in [4.69, 9.17) is 9.72 Å². The molecule has 4 rings (SSSR count). The van der Waals surface area contributed by atoms with Crippen LogP contribution in [0.15, 0.2) is 42.5 Å². The third kappa shape index (κ3) is 3.60. The van der Waals surface area contributed by atoms with Crippen LogP contribution in [-0.2, 0) is 0 Å². The number of aryl methyl sites for hydroxylation is 1. The van der Waals surface area contributed by atoms with Crippen LogP contribution in [-0.4, -0.2) is 49.1 Å². The molecule has 1 saturated heterocycles. The van der Waals surface area contributed by atoms with Crippen molar-refractivity contribution < 1.29 is 18.3 Å². The number of nitrogens with zero attached hydrogens (tertiary/aromatic N) is 3. The number of benzene rings is 2. The lowest BCUT2D eigenvalue weighted by Gasteiger charge is -2.35. The van der Waals surface area contributed by atoms with Gasteiger partial charge in [0.25, 0.3) is 5.91 Å². The highest BCUT2D eigenvalue weighted by Crippen LogP contribution is 2.29. The van der Waals surface area contributed by atoms with Gasteiger partial charge in [0.2, 0.25) is 0 Å². The molecule has 0 radical (unpaired) electrons. The average molecular weight is 397 g/mol. The summed E-state index contributed by atoms with van der Waals surface area (Å²) in [5.41, 5.74) is 1.79. The summed E-state index contributed by atoms with van der Waals surface area (Å²) in [5, 5.41) is 1.04. The van der Waals surface area contributed by atoms with Crippen LogP contribution in [0, 0.1) is 18.6 Å². The predicted molar refractivity (Wildman–Crippen MR) is 108 cm³/mol. The number of amides is 1. The maximum absolute atomic E-state index is 13.9. The van der Waals surface area contributed by atoms with E-state index >= 15 is 0 Å². The molecule has 0 saturated carbocycles. The Labute approximate surface area is 167 Å². The van der Waals surface area contributed by atoms with Crippen molar-refractivity contribution in [1.29, 1.82) is 0 Å². The van der Waals surface area contributed by atoms with Crippen LogP contribution >= 0.6 is 0 Å². The van der Waals surface area contributed by atoms with Gasteiger partial charge in [-0.25, -0.2) is 13.8 Å². The lowest BCUT2D eigenvalue weighted by Crippen LogP contribution is -2.49. The number of carbonyl (C=O) groups excluding carboxylic acids is 1. The zero-order valence-electron chi connectivity index (χ0n) is 16.3. The Morgan fingerprint density at radius 2 is 1.83 bits per heavy atom. The molecule has 0 atom stereocenters. The molecule has 2 heterocycles. The van der Waals surface area contributed by atoms with Gasteiger partial charge >= 0.3 is 0 Å². The summed E-state index contributed by atoms with van der Waals surface area (Å²) in [7, 11) is 1.62. The Hall–Kier alpha value is -3.22. The number of methoxy groups -OCH3 is 1. The summed E-state index contributed by atoms with van der Waals surface area (Å²) in [6, 6.07) is 10.9. The number of aromatic nitrogens is 1. The highest BCUT2D eigenvalue weighted by atomic mass is 19.1. The molecule has 7 heteroatoms. The Balaban J connectivity index is 1.53. The largest absolute Gasteiger partial charge is 0.494 e. The van der Waals surface area contributed by atoms with Crippen LogP contribution in [0.2, 0.25) is 0 Å². The number of pyridine rings is 1. The Morgan fingerprint density at radius 3 is 2.52 bits per heavy atom. The van der Waals surface area contributed by atoms with Crippen LogP contribution in [0.3, 0.4) is 0 Å². The van der Waals surface area contributed by atoms with E-state index in [-0.39, 0.29) is 5.56 Å². The van der Waals surface area contributed by atoms with Gasteiger partial charge in [0.1, 0.15) is 28.7 Å². The van der Waals surface area contributed by atoms with E-state index in [0.29, 0.717) is 31.9 Å². The molecule has 3 aromatic rings. The summed E-state index contributed by atoms with van der Waals surface area (Å²) in [6.07, 6.45) is 0. The first-order valence-electron chi connectivity index (χ1n) is 9.41. The first-order valence-corrected chi connectivity index (χ1v) is 9.41. The number of halogens is 2. The molecule has 0 bridgehead atoms. The van der Waals surface area contributed by atoms with Crippen molar-refractivity contribution in [3.63, 3.8) is 0 Å². The normalized spacial score (nSPS) is 14.3. The second-order valence-electron chi connectivity index (χ2n) is 7.06. The molecular weight excluding hydrogens is 376 g/mol. The lowest BCUT2D eigenvalue weighted by atomic mass is 10.1. The van der Waals surface area contributed by atoms with Crippen LogP contribution in [0.4, 0.5) is 14.6 Å². The quantitative estimate of drug-likeness (QED) is 0.675. The van der Waals surface area contributed by atoms with E-state index in [9.17, 15) is 13.6 Å². The molecule has 5 nitrogen and oxygen atoms in total. The maximum Gasteiger partial charge on any atom is 0.256 e. The SMILES string of the molecule is COc1cccc2c(C)cc(N3CCN(C(=O)c4ccc(F)cc4F)CC3)nc12. The Bertz CT molecular complexity index is 1080. The smallest absolute Gasteiger partial charge is 0.256 e. The molecule has 2 aromatic carbocycles. The number of hydrogen-bond donors (Lipinski definition) is 0. The zero-order chi connectivity index (χ0) is 20.5. The monoisotopic (exact) mass is 397 g/mol. The molecule has 1 aliphatic rings. The van der Waals surface area contributed by atoms with Gasteiger partial charge in [0.05, 0.1) is 12.7 Å². The van der Waals surface area contributed by atoms with Gasteiger partial charge in [-0.3, -0.25) is 4.79 Å². The fourth-order valence-electron chi connectivity index (χ4n) is 3.67. The molecule has 1 amide bonds. The summed E-state index contributed by atoms with van der Waals surface area (Å²) < 4.78 is 32.5. The fraction of sp³-hybridized carbons (Fsp3) is 0.273. The van der Waals surface area contributed by atoms with Gasteiger partial charge in [-0.05, 0) is 36.8 Å². The first kappa shape index (κ1) is 19.1. The van der Waals surface area contributed by atoms with Gasteiger partial charge < -0.3 is 14.5 Å². The van der Waals surface area contributed by atoms with Crippen LogP contribution in [0.25, 0.3) is 10.9 Å². The van der Waals surface area contributed by atoms with Crippen molar-refractivity contribution in [2.24, 2.45) is 0 Å². The van der Waals surface area contributed by atoms with Crippen molar-refractivity contribution in [1.82, 2.24) is 9.88 Å². The van der Waals surface area contributed by atoms with Crippen LogP contribution in [0.1, 0.15) is 15.9 Å². The minimum absolute atomic E-state index is 0.107. The number of anilines is 1. The molecule has 1 aliphatic heterocycles. The number of ether oxygens (including phenoxy) is 1. The molecule has 29 heavy (non-hydrogen) atoms. The highest BCUT2D eigenvalue weighted by Gasteiger charge is 2.25. The van der Waals surface area contributed by atoms with E-state index in [1.165, 1.54) is 6.07 Å². The van der Waals surface area contributed by atoms with Crippen molar-refractivity contribution in [3.05, 3.63) is 65.2 Å². The van der Waals surface area contributed by atoms with E-state index < -0.39 is 17.5 Å². The van der Waals surface area contributed by atoms with Gasteiger partial charge in [-0.15, -0.1) is 0 Å². The Morgan fingerprint density at radius 1 is 1.07 bits per heavy atom. The maximum atomic E-state index is 13.9. The molecule has 0 spiro atoms. The zero-order valence-corrected chi connectivity index (χ0v) is 16.3. The van der Waals surface area contributed by atoms with Gasteiger partial charge in [0, 0.05) is 37.6 Å². The summed E-state index contributed by atoms with van der Waals surface area (Å²) >= 11 is 0. The van der Waals surface area contributed by atoms with E-state index in [0.717, 1.165) is 34.4 Å². The summed E-state index contributed by atoms with van der Waals surface area (Å²) in [6.45, 7) is 4.04. The molecule has 0 aliphatic carbocycles. The number of para-hydroxylation sites is 1. The molecule has 0 unspecified atom stereocenters. The van der Waals surface area contributed by atoms with Crippen molar-refractivity contribution in [3.8, 4) is 5.75 Å². The average Bonchev–Trinajstić information content (AvgIpc) is 2.73. The van der Waals surface area contributed by atoms with Crippen LogP contribution in [0.5, 0.6) is 5.75 Å². The number of piperazine rings is 1. The molecular formula is C22H21F2N3O2. The topological polar surface area (TPSA) is 45.7 Å². The highest BCUT2D eigenvalue weighted by molar-refractivity contribution is 5.94.